The summed E-state index contributed by atoms with van der Waals surface area (Å²) in [5.74, 6) is 0.0503. The molecule has 1 aliphatic heterocycles. The molecule has 4 nitrogen and oxygen atoms in total. The highest BCUT2D eigenvalue weighted by atomic mass is 16.2. The molecular formula is C7H13N3O. The maximum atomic E-state index is 11.3. The molecule has 0 saturated heterocycles. The third kappa shape index (κ3) is 1.40. The Morgan fingerprint density at radius 3 is 2.91 bits per heavy atom. The van der Waals surface area contributed by atoms with Crippen LogP contribution in [0.5, 0.6) is 0 Å². The zero-order valence-electron chi connectivity index (χ0n) is 7.03. The summed E-state index contributed by atoms with van der Waals surface area (Å²) in [6.45, 7) is 1.87. The van der Waals surface area contributed by atoms with E-state index in [0.717, 1.165) is 0 Å². The molecular weight excluding hydrogens is 142 g/mol. The van der Waals surface area contributed by atoms with Crippen LogP contribution in [0.1, 0.15) is 6.92 Å². The summed E-state index contributed by atoms with van der Waals surface area (Å²) in [6, 6.07) is 0. The fourth-order valence-corrected chi connectivity index (χ4v) is 1.14. The molecule has 0 radical (unpaired) electrons. The lowest BCUT2D eigenvalue weighted by Crippen LogP contribution is -2.45. The van der Waals surface area contributed by atoms with E-state index in [-0.39, 0.29) is 18.0 Å². The number of rotatable bonds is 1. The van der Waals surface area contributed by atoms with Gasteiger partial charge in [-0.3, -0.25) is 15.1 Å². The number of nitrogens with zero attached hydrogens (tertiary/aromatic N) is 2. The largest absolute Gasteiger partial charge is 0.306 e. The second-order valence-electron chi connectivity index (χ2n) is 2.74. The Labute approximate surface area is 66.3 Å². The molecule has 1 aliphatic rings. The van der Waals surface area contributed by atoms with Crippen LogP contribution in [0.4, 0.5) is 0 Å². The Morgan fingerprint density at radius 1 is 1.73 bits per heavy atom. The van der Waals surface area contributed by atoms with E-state index in [9.17, 15) is 4.79 Å². The number of hydrogen-bond donors (Lipinski definition) is 1. The first-order valence-corrected chi connectivity index (χ1v) is 3.64. The van der Waals surface area contributed by atoms with Gasteiger partial charge in [0.15, 0.2) is 0 Å². The van der Waals surface area contributed by atoms with Crippen LogP contribution < -0.4 is 5.32 Å². The van der Waals surface area contributed by atoms with Crippen LogP contribution in [0.25, 0.3) is 0 Å². The topological polar surface area (TPSA) is 44.7 Å². The Kier molecular flexibility index (Phi) is 2.24. The molecule has 1 amide bonds. The van der Waals surface area contributed by atoms with Gasteiger partial charge in [-0.15, -0.1) is 0 Å². The Morgan fingerprint density at radius 2 is 2.36 bits per heavy atom. The molecule has 0 aromatic rings. The van der Waals surface area contributed by atoms with E-state index in [1.807, 2.05) is 6.92 Å². The van der Waals surface area contributed by atoms with Gasteiger partial charge in [0.1, 0.15) is 6.17 Å². The van der Waals surface area contributed by atoms with Crippen molar-refractivity contribution in [2.75, 3.05) is 14.1 Å². The summed E-state index contributed by atoms with van der Waals surface area (Å²) in [6.07, 6.45) is 1.50. The highest BCUT2D eigenvalue weighted by Gasteiger charge is 2.27. The Balaban J connectivity index is 2.76. The van der Waals surface area contributed by atoms with Crippen LogP contribution in [-0.4, -0.2) is 37.4 Å². The first-order chi connectivity index (χ1) is 5.16. The molecule has 1 heterocycles. The van der Waals surface area contributed by atoms with E-state index in [4.69, 9.17) is 0 Å². The summed E-state index contributed by atoms with van der Waals surface area (Å²) in [5.41, 5.74) is 0. The fourth-order valence-electron chi connectivity index (χ4n) is 1.14. The van der Waals surface area contributed by atoms with Crippen LogP contribution in [0, 0.1) is 5.92 Å². The van der Waals surface area contributed by atoms with Gasteiger partial charge in [0, 0.05) is 7.05 Å². The van der Waals surface area contributed by atoms with Crippen molar-refractivity contribution < 1.29 is 4.79 Å². The fraction of sp³-hybridized carbons (Fsp3) is 0.714. The van der Waals surface area contributed by atoms with Crippen molar-refractivity contribution >= 4 is 12.2 Å². The monoisotopic (exact) mass is 155 g/mol. The lowest BCUT2D eigenvalue weighted by molar-refractivity contribution is -0.131. The van der Waals surface area contributed by atoms with E-state index in [2.05, 4.69) is 10.3 Å². The molecule has 2 atom stereocenters. The molecule has 0 aromatic carbocycles. The molecule has 0 bridgehead atoms. The minimum atomic E-state index is -0.0602. The van der Waals surface area contributed by atoms with Crippen molar-refractivity contribution in [2.24, 2.45) is 10.9 Å². The van der Waals surface area contributed by atoms with Gasteiger partial charge in [-0.2, -0.15) is 0 Å². The summed E-state index contributed by atoms with van der Waals surface area (Å²) in [4.78, 5) is 16.9. The normalized spacial score (nSPS) is 31.2. The van der Waals surface area contributed by atoms with Gasteiger partial charge < -0.3 is 4.90 Å². The zero-order valence-corrected chi connectivity index (χ0v) is 7.03. The van der Waals surface area contributed by atoms with Crippen molar-refractivity contribution in [3.05, 3.63) is 0 Å². The summed E-state index contributed by atoms with van der Waals surface area (Å²) >= 11 is 0. The molecule has 0 aromatic heterocycles. The van der Waals surface area contributed by atoms with Crippen LogP contribution >= 0.6 is 0 Å². The molecule has 62 valence electrons. The molecule has 1 rings (SSSR count). The molecule has 0 spiro atoms. The molecule has 1 N–H and O–H groups in total. The minimum Gasteiger partial charge on any atom is -0.306 e. The predicted octanol–water partition coefficient (Wildman–Crippen LogP) is -0.332. The maximum Gasteiger partial charge on any atom is 0.233 e. The van der Waals surface area contributed by atoms with E-state index >= 15 is 0 Å². The standard InChI is InChI=1S/C7H13N3O/c1-5-6(8-2)9-4-10(3)7(5)11/h4-6,8H,1-3H3. The second-order valence-corrected chi connectivity index (χ2v) is 2.74. The lowest BCUT2D eigenvalue weighted by atomic mass is 10.1. The van der Waals surface area contributed by atoms with Gasteiger partial charge in [0.05, 0.1) is 12.3 Å². The van der Waals surface area contributed by atoms with E-state index < -0.39 is 0 Å². The Hall–Kier alpha value is -0.900. The zero-order chi connectivity index (χ0) is 8.43. The van der Waals surface area contributed by atoms with Gasteiger partial charge in [-0.25, -0.2) is 0 Å². The first kappa shape index (κ1) is 8.20. The summed E-state index contributed by atoms with van der Waals surface area (Å²) in [5, 5.41) is 2.96. The first-order valence-electron chi connectivity index (χ1n) is 3.64. The van der Waals surface area contributed by atoms with Gasteiger partial charge >= 0.3 is 0 Å². The number of nitrogens with one attached hydrogen (secondary N) is 1. The minimum absolute atomic E-state index is 0.0568. The molecule has 4 heteroatoms. The molecule has 2 unspecified atom stereocenters. The van der Waals surface area contributed by atoms with Crippen LogP contribution in [-0.2, 0) is 4.79 Å². The molecule has 0 aliphatic carbocycles. The number of amides is 1. The quantitative estimate of drug-likeness (QED) is 0.563. The van der Waals surface area contributed by atoms with Crippen molar-refractivity contribution in [3.63, 3.8) is 0 Å². The van der Waals surface area contributed by atoms with Gasteiger partial charge in [-0.1, -0.05) is 6.92 Å². The molecule has 0 fully saturated rings. The third-order valence-electron chi connectivity index (χ3n) is 1.91. The van der Waals surface area contributed by atoms with Crippen molar-refractivity contribution in [2.45, 2.75) is 13.1 Å². The smallest absolute Gasteiger partial charge is 0.233 e. The van der Waals surface area contributed by atoms with Crippen LogP contribution in [0.2, 0.25) is 0 Å². The average Bonchev–Trinajstić information content (AvgIpc) is 2.01. The van der Waals surface area contributed by atoms with E-state index in [1.54, 1.807) is 20.4 Å². The van der Waals surface area contributed by atoms with Crippen LogP contribution in [0.3, 0.4) is 0 Å². The molecule has 0 saturated carbocycles. The highest BCUT2D eigenvalue weighted by molar-refractivity contribution is 5.91. The van der Waals surface area contributed by atoms with Gasteiger partial charge in [0.2, 0.25) is 5.91 Å². The number of aliphatic imine (C=N–C) groups is 1. The van der Waals surface area contributed by atoms with Crippen molar-refractivity contribution in [1.29, 1.82) is 0 Å². The summed E-state index contributed by atoms with van der Waals surface area (Å²) in [7, 11) is 3.52. The lowest BCUT2D eigenvalue weighted by Gasteiger charge is -2.27. The average molecular weight is 155 g/mol. The van der Waals surface area contributed by atoms with Gasteiger partial charge in [0.25, 0.3) is 0 Å². The third-order valence-corrected chi connectivity index (χ3v) is 1.91. The number of hydrogen-bond acceptors (Lipinski definition) is 3. The SMILES string of the molecule is CNC1N=CN(C)C(=O)C1C. The predicted molar refractivity (Wildman–Crippen MR) is 43.3 cm³/mol. The van der Waals surface area contributed by atoms with Crippen molar-refractivity contribution in [3.8, 4) is 0 Å². The highest BCUT2D eigenvalue weighted by Crippen LogP contribution is 2.10. The Bertz CT molecular complexity index is 190. The summed E-state index contributed by atoms with van der Waals surface area (Å²) < 4.78 is 0. The van der Waals surface area contributed by atoms with Crippen LogP contribution in [0.15, 0.2) is 4.99 Å². The molecule has 11 heavy (non-hydrogen) atoms. The van der Waals surface area contributed by atoms with E-state index in [0.29, 0.717) is 0 Å². The second kappa shape index (κ2) is 3.00. The number of carbonyl (C=O) groups is 1. The van der Waals surface area contributed by atoms with Crippen molar-refractivity contribution in [1.82, 2.24) is 10.2 Å². The number of carbonyl (C=O) groups excluding carboxylic acids is 1. The van der Waals surface area contributed by atoms with Gasteiger partial charge in [-0.05, 0) is 7.05 Å². The van der Waals surface area contributed by atoms with E-state index in [1.165, 1.54) is 4.90 Å². The maximum absolute atomic E-state index is 11.3.